The molecule has 0 amide bonds. The first-order chi connectivity index (χ1) is 10.4. The van der Waals surface area contributed by atoms with Gasteiger partial charge in [-0.25, -0.2) is 0 Å². The van der Waals surface area contributed by atoms with Gasteiger partial charge in [0.1, 0.15) is 12.0 Å². The van der Waals surface area contributed by atoms with Crippen LogP contribution in [0.25, 0.3) is 0 Å². The summed E-state index contributed by atoms with van der Waals surface area (Å²) in [7, 11) is 1.73. The van der Waals surface area contributed by atoms with Gasteiger partial charge in [0.15, 0.2) is 5.96 Å². The fourth-order valence-electron chi connectivity index (χ4n) is 1.73. The summed E-state index contributed by atoms with van der Waals surface area (Å²) < 4.78 is 10.4. The second-order valence-electron chi connectivity index (χ2n) is 4.38. The highest BCUT2D eigenvalue weighted by Gasteiger charge is 2.00. The normalized spacial score (nSPS) is 11.4. The zero-order chi connectivity index (χ0) is 14.8. The summed E-state index contributed by atoms with van der Waals surface area (Å²) in [5, 5.41) is 10.1. The van der Waals surface area contributed by atoms with Gasteiger partial charge < -0.3 is 19.9 Å². The average molecular weight is 288 g/mol. The lowest BCUT2D eigenvalue weighted by molar-refractivity contribution is 0.125. The van der Waals surface area contributed by atoms with E-state index in [1.165, 1.54) is 5.56 Å². The van der Waals surface area contributed by atoms with Crippen molar-refractivity contribution in [2.24, 2.45) is 4.99 Å². The lowest BCUT2D eigenvalue weighted by atomic mass is 10.2. The molecule has 0 aliphatic carbocycles. The molecule has 0 aliphatic heterocycles. The van der Waals surface area contributed by atoms with Crippen LogP contribution in [0.2, 0.25) is 0 Å². The highest BCUT2D eigenvalue weighted by atomic mass is 16.5. The molecule has 0 unspecified atom stereocenters. The predicted molar refractivity (Wildman–Crippen MR) is 80.8 cm³/mol. The summed E-state index contributed by atoms with van der Waals surface area (Å²) >= 11 is 0. The molecule has 6 nitrogen and oxygen atoms in total. The molecule has 0 radical (unpaired) electrons. The van der Waals surface area contributed by atoms with Crippen molar-refractivity contribution < 1.29 is 9.26 Å². The van der Waals surface area contributed by atoms with Crippen molar-refractivity contribution in [3.8, 4) is 0 Å². The van der Waals surface area contributed by atoms with Crippen molar-refractivity contribution in [2.75, 3.05) is 20.2 Å². The Morgan fingerprint density at radius 1 is 1.24 bits per heavy atom. The molecule has 21 heavy (non-hydrogen) atoms. The minimum absolute atomic E-state index is 0.570. The Balaban J connectivity index is 1.58. The first kappa shape index (κ1) is 15.1. The van der Waals surface area contributed by atoms with E-state index >= 15 is 0 Å². The number of nitrogens with one attached hydrogen (secondary N) is 2. The third kappa shape index (κ3) is 5.66. The molecule has 0 bridgehead atoms. The first-order valence-electron chi connectivity index (χ1n) is 6.84. The van der Waals surface area contributed by atoms with Crippen molar-refractivity contribution in [1.82, 2.24) is 15.8 Å². The van der Waals surface area contributed by atoms with Crippen molar-refractivity contribution in [1.29, 1.82) is 0 Å². The van der Waals surface area contributed by atoms with E-state index in [0.29, 0.717) is 32.3 Å². The Bertz CT molecular complexity index is 526. The molecule has 2 aromatic rings. The number of aliphatic imine (C=N–C) groups is 1. The van der Waals surface area contributed by atoms with Gasteiger partial charge in [0.25, 0.3) is 0 Å². The van der Waals surface area contributed by atoms with Crippen molar-refractivity contribution in [2.45, 2.75) is 13.2 Å². The molecule has 0 spiro atoms. The number of nitrogens with zero attached hydrogens (tertiary/aromatic N) is 2. The van der Waals surface area contributed by atoms with E-state index in [-0.39, 0.29) is 0 Å². The summed E-state index contributed by atoms with van der Waals surface area (Å²) in [6.07, 6.45) is 1.55. The molecular weight excluding hydrogens is 268 g/mol. The Morgan fingerprint density at radius 2 is 2.10 bits per heavy atom. The number of benzene rings is 1. The Hall–Kier alpha value is -2.34. The van der Waals surface area contributed by atoms with Crippen LogP contribution in [-0.2, 0) is 17.9 Å². The molecule has 6 heteroatoms. The van der Waals surface area contributed by atoms with Crippen LogP contribution in [0, 0.1) is 0 Å². The van der Waals surface area contributed by atoms with Crippen LogP contribution < -0.4 is 10.6 Å². The summed E-state index contributed by atoms with van der Waals surface area (Å²) in [6.45, 7) is 2.49. The number of hydrogen-bond acceptors (Lipinski definition) is 4. The molecule has 2 rings (SSSR count). The molecule has 0 aliphatic rings. The topological polar surface area (TPSA) is 71.7 Å². The molecule has 2 N–H and O–H groups in total. The zero-order valence-corrected chi connectivity index (χ0v) is 12.1. The number of rotatable bonds is 7. The number of aromatic nitrogens is 1. The highest BCUT2D eigenvalue weighted by Crippen LogP contribution is 1.99. The van der Waals surface area contributed by atoms with Gasteiger partial charge in [0, 0.05) is 19.7 Å². The van der Waals surface area contributed by atoms with Gasteiger partial charge >= 0.3 is 0 Å². The van der Waals surface area contributed by atoms with E-state index in [1.807, 2.05) is 36.4 Å². The maximum absolute atomic E-state index is 5.59. The lowest BCUT2D eigenvalue weighted by Crippen LogP contribution is -2.38. The quantitative estimate of drug-likeness (QED) is 0.459. The monoisotopic (exact) mass is 288 g/mol. The van der Waals surface area contributed by atoms with Crippen molar-refractivity contribution >= 4 is 5.96 Å². The molecule has 0 fully saturated rings. The van der Waals surface area contributed by atoms with Gasteiger partial charge in [-0.05, 0) is 5.56 Å². The third-order valence-corrected chi connectivity index (χ3v) is 2.80. The van der Waals surface area contributed by atoms with E-state index in [1.54, 1.807) is 13.3 Å². The van der Waals surface area contributed by atoms with Crippen molar-refractivity contribution in [3.63, 3.8) is 0 Å². The largest absolute Gasteiger partial charge is 0.375 e. The van der Waals surface area contributed by atoms with Crippen LogP contribution in [0.4, 0.5) is 0 Å². The Labute approximate surface area is 124 Å². The van der Waals surface area contributed by atoms with E-state index in [2.05, 4.69) is 20.8 Å². The molecule has 0 saturated carbocycles. The Kier molecular flexibility index (Phi) is 6.28. The van der Waals surface area contributed by atoms with Crippen LogP contribution in [0.3, 0.4) is 0 Å². The lowest BCUT2D eigenvalue weighted by Gasteiger charge is -2.11. The molecule has 1 heterocycles. The van der Waals surface area contributed by atoms with Gasteiger partial charge in [0.2, 0.25) is 0 Å². The summed E-state index contributed by atoms with van der Waals surface area (Å²) in [5.41, 5.74) is 2.00. The highest BCUT2D eigenvalue weighted by molar-refractivity contribution is 5.79. The third-order valence-electron chi connectivity index (χ3n) is 2.80. The average Bonchev–Trinajstić information content (AvgIpc) is 3.04. The van der Waals surface area contributed by atoms with Crippen LogP contribution in [0.15, 0.2) is 52.2 Å². The van der Waals surface area contributed by atoms with E-state index < -0.39 is 0 Å². The minimum atomic E-state index is 0.570. The molecule has 1 aromatic heterocycles. The molecule has 0 atom stereocenters. The van der Waals surface area contributed by atoms with Gasteiger partial charge in [-0.3, -0.25) is 4.99 Å². The first-order valence-corrected chi connectivity index (χ1v) is 6.84. The second kappa shape index (κ2) is 8.76. The molecular formula is C15H20N4O2. The summed E-state index contributed by atoms with van der Waals surface area (Å²) in [5.74, 6) is 0.710. The van der Waals surface area contributed by atoms with E-state index in [0.717, 1.165) is 5.69 Å². The standard InChI is InChI=1S/C15H20N4O2/c1-16-15(18-11-14-7-9-21-19-14)17-8-10-20-12-13-5-3-2-4-6-13/h2-7,9H,8,10-12H2,1H3,(H2,16,17,18). The smallest absolute Gasteiger partial charge is 0.191 e. The molecule has 1 aromatic carbocycles. The zero-order valence-electron chi connectivity index (χ0n) is 12.1. The Morgan fingerprint density at radius 3 is 2.81 bits per heavy atom. The maximum atomic E-state index is 5.59. The SMILES string of the molecule is CN=C(NCCOCc1ccccc1)NCc1ccon1. The molecule has 0 saturated heterocycles. The van der Waals surface area contributed by atoms with Crippen LogP contribution in [0.5, 0.6) is 0 Å². The second-order valence-corrected chi connectivity index (χ2v) is 4.38. The van der Waals surface area contributed by atoms with Gasteiger partial charge in [-0.1, -0.05) is 35.5 Å². The van der Waals surface area contributed by atoms with Crippen molar-refractivity contribution in [3.05, 3.63) is 53.9 Å². The van der Waals surface area contributed by atoms with Gasteiger partial charge in [0.05, 0.1) is 19.8 Å². The summed E-state index contributed by atoms with van der Waals surface area (Å²) in [6, 6.07) is 11.9. The van der Waals surface area contributed by atoms with Gasteiger partial charge in [-0.2, -0.15) is 0 Å². The van der Waals surface area contributed by atoms with Crippen LogP contribution in [-0.4, -0.2) is 31.3 Å². The summed E-state index contributed by atoms with van der Waals surface area (Å²) in [4.78, 5) is 4.12. The van der Waals surface area contributed by atoms with Crippen LogP contribution in [0.1, 0.15) is 11.3 Å². The number of hydrogen-bond donors (Lipinski definition) is 2. The number of ether oxygens (including phenoxy) is 1. The van der Waals surface area contributed by atoms with E-state index in [4.69, 9.17) is 9.26 Å². The fraction of sp³-hybridized carbons (Fsp3) is 0.333. The van der Waals surface area contributed by atoms with Crippen LogP contribution >= 0.6 is 0 Å². The predicted octanol–water partition coefficient (Wildman–Crippen LogP) is 1.56. The maximum Gasteiger partial charge on any atom is 0.191 e. The number of guanidine groups is 1. The molecule has 112 valence electrons. The fourth-order valence-corrected chi connectivity index (χ4v) is 1.73. The van der Waals surface area contributed by atoms with E-state index in [9.17, 15) is 0 Å². The van der Waals surface area contributed by atoms with Gasteiger partial charge in [-0.15, -0.1) is 0 Å². The minimum Gasteiger partial charge on any atom is -0.375 e.